The topological polar surface area (TPSA) is 38.8 Å². The second-order valence-corrected chi connectivity index (χ2v) is 4.54. The zero-order valence-electron chi connectivity index (χ0n) is 12.6. The van der Waals surface area contributed by atoms with E-state index in [-0.39, 0.29) is 18.1 Å². The Balaban J connectivity index is 4.15. The van der Waals surface area contributed by atoms with Crippen LogP contribution in [-0.2, 0) is 14.3 Å². The first-order chi connectivity index (χ1) is 8.60. The summed E-state index contributed by atoms with van der Waals surface area (Å²) in [5, 5.41) is 0. The second-order valence-electron chi connectivity index (χ2n) is 4.54. The molecule has 0 rings (SSSR count). The first-order valence-electron chi connectivity index (χ1n) is 7.03. The lowest BCUT2D eigenvalue weighted by Gasteiger charge is -2.25. The van der Waals surface area contributed by atoms with Crippen LogP contribution in [0.15, 0.2) is 0 Å². The lowest BCUT2D eigenvalue weighted by atomic mass is 10.1. The van der Waals surface area contributed by atoms with Gasteiger partial charge in [-0.1, -0.05) is 20.3 Å². The zero-order chi connectivity index (χ0) is 14.0. The van der Waals surface area contributed by atoms with E-state index in [2.05, 4.69) is 6.92 Å². The highest BCUT2D eigenvalue weighted by Gasteiger charge is 2.22. The molecular formula is C14H29NO3. The first kappa shape index (κ1) is 17.4. The third-order valence-electron chi connectivity index (χ3n) is 3.11. The highest BCUT2D eigenvalue weighted by molar-refractivity contribution is 5.78. The minimum atomic E-state index is -0.272. The molecule has 0 saturated carbocycles. The van der Waals surface area contributed by atoms with E-state index in [0.717, 1.165) is 25.9 Å². The molecule has 0 spiro atoms. The van der Waals surface area contributed by atoms with Gasteiger partial charge in [0.1, 0.15) is 0 Å². The summed E-state index contributed by atoms with van der Waals surface area (Å²) >= 11 is 0. The monoisotopic (exact) mass is 259 g/mol. The molecule has 4 nitrogen and oxygen atoms in total. The van der Waals surface area contributed by atoms with Crippen LogP contribution >= 0.6 is 0 Å². The van der Waals surface area contributed by atoms with Crippen molar-refractivity contribution in [3.05, 3.63) is 0 Å². The highest BCUT2D eigenvalue weighted by atomic mass is 16.7. The minimum absolute atomic E-state index is 0.0588. The summed E-state index contributed by atoms with van der Waals surface area (Å²) in [5.41, 5.74) is 0. The van der Waals surface area contributed by atoms with Gasteiger partial charge in [-0.2, -0.15) is 0 Å². The molecule has 0 N–H and O–H groups in total. The Morgan fingerprint density at radius 1 is 1.22 bits per heavy atom. The molecule has 0 aliphatic carbocycles. The molecule has 2 unspecified atom stereocenters. The van der Waals surface area contributed by atoms with Gasteiger partial charge < -0.3 is 14.4 Å². The Morgan fingerprint density at radius 2 is 1.83 bits per heavy atom. The van der Waals surface area contributed by atoms with E-state index >= 15 is 0 Å². The van der Waals surface area contributed by atoms with Gasteiger partial charge in [0.05, 0.1) is 0 Å². The fourth-order valence-corrected chi connectivity index (χ4v) is 1.83. The lowest BCUT2D eigenvalue weighted by molar-refractivity contribution is -0.150. The van der Waals surface area contributed by atoms with Gasteiger partial charge in [-0.3, -0.25) is 4.79 Å². The van der Waals surface area contributed by atoms with Gasteiger partial charge in [-0.25, -0.2) is 0 Å². The van der Waals surface area contributed by atoms with Crippen LogP contribution < -0.4 is 0 Å². The summed E-state index contributed by atoms with van der Waals surface area (Å²) in [5.74, 6) is 0.123. The Hall–Kier alpha value is -0.610. The number of carbonyl (C=O) groups excluding carboxylic acids is 1. The van der Waals surface area contributed by atoms with Crippen LogP contribution in [0.5, 0.6) is 0 Å². The first-order valence-corrected chi connectivity index (χ1v) is 7.03. The standard InChI is InChI=1S/C14H29NO3/c1-6-9-10-18-13(17-5)11-12(4)14(16)15(7-2)8-3/h12-13H,6-11H2,1-5H3. The number of methoxy groups -OCH3 is 1. The van der Waals surface area contributed by atoms with E-state index in [0.29, 0.717) is 13.0 Å². The highest BCUT2D eigenvalue weighted by Crippen LogP contribution is 2.13. The number of hydrogen-bond donors (Lipinski definition) is 0. The molecule has 0 radical (unpaired) electrons. The van der Waals surface area contributed by atoms with Crippen molar-refractivity contribution in [2.24, 2.45) is 5.92 Å². The molecule has 0 fully saturated rings. The number of rotatable bonds is 10. The molecule has 2 atom stereocenters. The van der Waals surface area contributed by atoms with Crippen molar-refractivity contribution in [1.29, 1.82) is 0 Å². The average Bonchev–Trinajstić information content (AvgIpc) is 2.38. The van der Waals surface area contributed by atoms with E-state index < -0.39 is 0 Å². The van der Waals surface area contributed by atoms with Gasteiger partial charge in [0.25, 0.3) is 0 Å². The zero-order valence-corrected chi connectivity index (χ0v) is 12.6. The Morgan fingerprint density at radius 3 is 2.28 bits per heavy atom. The van der Waals surface area contributed by atoms with Crippen molar-refractivity contribution < 1.29 is 14.3 Å². The third kappa shape index (κ3) is 6.36. The number of nitrogens with zero attached hydrogens (tertiary/aromatic N) is 1. The van der Waals surface area contributed by atoms with Crippen LogP contribution in [-0.4, -0.2) is 43.9 Å². The Kier molecular flexibility index (Phi) is 9.98. The average molecular weight is 259 g/mol. The van der Waals surface area contributed by atoms with Gasteiger partial charge in [0.2, 0.25) is 5.91 Å². The molecule has 0 heterocycles. The molecule has 4 heteroatoms. The van der Waals surface area contributed by atoms with Gasteiger partial charge in [0, 0.05) is 39.1 Å². The summed E-state index contributed by atoms with van der Waals surface area (Å²) in [7, 11) is 1.63. The predicted molar refractivity (Wildman–Crippen MR) is 73.4 cm³/mol. The molecule has 108 valence electrons. The van der Waals surface area contributed by atoms with Crippen LogP contribution in [0, 0.1) is 5.92 Å². The van der Waals surface area contributed by atoms with Crippen molar-refractivity contribution in [1.82, 2.24) is 4.90 Å². The normalized spacial score (nSPS) is 14.3. The van der Waals surface area contributed by atoms with Crippen molar-refractivity contribution in [2.45, 2.75) is 53.2 Å². The molecule has 0 aromatic heterocycles. The van der Waals surface area contributed by atoms with Crippen molar-refractivity contribution in [2.75, 3.05) is 26.8 Å². The summed E-state index contributed by atoms with van der Waals surface area (Å²) in [4.78, 5) is 14.0. The molecule has 0 aliphatic heterocycles. The smallest absolute Gasteiger partial charge is 0.225 e. The molecule has 0 saturated heterocycles. The molecule has 0 bridgehead atoms. The largest absolute Gasteiger partial charge is 0.356 e. The molecule has 1 amide bonds. The molecule has 0 aromatic rings. The number of carbonyl (C=O) groups is 1. The fourth-order valence-electron chi connectivity index (χ4n) is 1.83. The summed E-state index contributed by atoms with van der Waals surface area (Å²) < 4.78 is 10.9. The molecule has 0 aromatic carbocycles. The number of hydrogen-bond acceptors (Lipinski definition) is 3. The summed E-state index contributed by atoms with van der Waals surface area (Å²) in [6.45, 7) is 10.3. The van der Waals surface area contributed by atoms with Crippen LogP contribution in [0.3, 0.4) is 0 Å². The maximum atomic E-state index is 12.1. The quantitative estimate of drug-likeness (QED) is 0.447. The van der Waals surface area contributed by atoms with Crippen molar-refractivity contribution in [3.8, 4) is 0 Å². The van der Waals surface area contributed by atoms with Gasteiger partial charge in [-0.05, 0) is 20.3 Å². The van der Waals surface area contributed by atoms with E-state index in [9.17, 15) is 4.79 Å². The lowest BCUT2D eigenvalue weighted by Crippen LogP contribution is -2.36. The fraction of sp³-hybridized carbons (Fsp3) is 0.929. The second kappa shape index (κ2) is 10.3. The Labute approximate surface area is 112 Å². The third-order valence-corrected chi connectivity index (χ3v) is 3.11. The van der Waals surface area contributed by atoms with Gasteiger partial charge in [-0.15, -0.1) is 0 Å². The van der Waals surface area contributed by atoms with Crippen LogP contribution in [0.2, 0.25) is 0 Å². The van der Waals surface area contributed by atoms with E-state index in [4.69, 9.17) is 9.47 Å². The number of ether oxygens (including phenoxy) is 2. The minimum Gasteiger partial charge on any atom is -0.356 e. The summed E-state index contributed by atoms with van der Waals surface area (Å²) in [6, 6.07) is 0. The molecule has 18 heavy (non-hydrogen) atoms. The summed E-state index contributed by atoms with van der Waals surface area (Å²) in [6.07, 6.45) is 2.48. The van der Waals surface area contributed by atoms with Crippen LogP contribution in [0.1, 0.15) is 47.0 Å². The number of amides is 1. The molecular weight excluding hydrogens is 230 g/mol. The molecule has 0 aliphatic rings. The van der Waals surface area contributed by atoms with Crippen LogP contribution in [0.25, 0.3) is 0 Å². The van der Waals surface area contributed by atoms with Crippen molar-refractivity contribution in [3.63, 3.8) is 0 Å². The van der Waals surface area contributed by atoms with Crippen LogP contribution in [0.4, 0.5) is 0 Å². The van der Waals surface area contributed by atoms with Crippen molar-refractivity contribution >= 4 is 5.91 Å². The maximum Gasteiger partial charge on any atom is 0.225 e. The van der Waals surface area contributed by atoms with Gasteiger partial charge >= 0.3 is 0 Å². The predicted octanol–water partition coefficient (Wildman–Crippen LogP) is 2.67. The van der Waals surface area contributed by atoms with E-state index in [1.54, 1.807) is 7.11 Å². The Bertz CT molecular complexity index is 217. The van der Waals surface area contributed by atoms with E-state index in [1.165, 1.54) is 0 Å². The van der Waals surface area contributed by atoms with E-state index in [1.807, 2.05) is 25.7 Å². The maximum absolute atomic E-state index is 12.1. The SMILES string of the molecule is CCCCOC(CC(C)C(=O)N(CC)CC)OC. The van der Waals surface area contributed by atoms with Gasteiger partial charge in [0.15, 0.2) is 6.29 Å². The number of unbranched alkanes of at least 4 members (excludes halogenated alkanes) is 1.